The van der Waals surface area contributed by atoms with Crippen molar-refractivity contribution in [2.45, 2.75) is 26.8 Å². The number of nitrogens with zero attached hydrogens (tertiary/aromatic N) is 3. The van der Waals surface area contributed by atoms with E-state index in [0.717, 1.165) is 35.9 Å². The van der Waals surface area contributed by atoms with Crippen LogP contribution in [0.5, 0.6) is 0 Å². The van der Waals surface area contributed by atoms with Crippen LogP contribution in [0.1, 0.15) is 24.7 Å². The van der Waals surface area contributed by atoms with E-state index in [1.807, 2.05) is 12.3 Å². The average Bonchev–Trinajstić information content (AvgIpc) is 2.76. The molecule has 0 bridgehead atoms. The summed E-state index contributed by atoms with van der Waals surface area (Å²) in [6, 6.07) is 1.61. The molecule has 6 heteroatoms. The second-order valence-corrected chi connectivity index (χ2v) is 5.36. The van der Waals surface area contributed by atoms with E-state index < -0.39 is 0 Å². The molecular formula is C13H19N3O2S. The van der Waals surface area contributed by atoms with Crippen molar-refractivity contribution in [2.75, 3.05) is 19.7 Å². The minimum Gasteiger partial charge on any atom is -0.396 e. The number of thiazole rings is 1. The molecule has 0 spiro atoms. The van der Waals surface area contributed by atoms with E-state index in [1.165, 1.54) is 11.3 Å². The predicted octanol–water partition coefficient (Wildman–Crippen LogP) is 1.27. The van der Waals surface area contributed by atoms with Crippen molar-refractivity contribution in [2.24, 2.45) is 0 Å². The number of aromatic nitrogens is 2. The molecular weight excluding hydrogens is 262 g/mol. The number of rotatable bonds is 6. The van der Waals surface area contributed by atoms with Gasteiger partial charge in [-0.1, -0.05) is 6.92 Å². The molecule has 0 aromatic carbocycles. The zero-order valence-corrected chi connectivity index (χ0v) is 12.1. The Balaban J connectivity index is 2.23. The van der Waals surface area contributed by atoms with E-state index in [-0.39, 0.29) is 12.2 Å². The molecule has 5 nitrogen and oxygen atoms in total. The first-order valence-electron chi connectivity index (χ1n) is 6.45. The van der Waals surface area contributed by atoms with E-state index in [1.54, 1.807) is 10.5 Å². The summed E-state index contributed by atoms with van der Waals surface area (Å²) in [5, 5.41) is 10.8. The Bertz CT molecular complexity index is 605. The SMILES string of the molecule is CCN(CCCO)Cc1cc(=O)n2c(C)csc2n1. The summed E-state index contributed by atoms with van der Waals surface area (Å²) in [5.74, 6) is 0. The molecule has 0 aliphatic rings. The number of aliphatic hydroxyl groups is 1. The Kier molecular flexibility index (Phi) is 4.68. The molecule has 1 N–H and O–H groups in total. The third-order valence-electron chi connectivity index (χ3n) is 3.09. The van der Waals surface area contributed by atoms with Crippen LogP contribution in [0.3, 0.4) is 0 Å². The van der Waals surface area contributed by atoms with Crippen LogP contribution in [0.25, 0.3) is 4.96 Å². The summed E-state index contributed by atoms with van der Waals surface area (Å²) in [4.78, 5) is 19.5. The maximum absolute atomic E-state index is 12.0. The number of hydrogen-bond acceptors (Lipinski definition) is 5. The molecule has 19 heavy (non-hydrogen) atoms. The van der Waals surface area contributed by atoms with Crippen LogP contribution < -0.4 is 5.56 Å². The molecule has 2 rings (SSSR count). The molecule has 0 aliphatic carbocycles. The zero-order chi connectivity index (χ0) is 13.8. The van der Waals surface area contributed by atoms with E-state index in [4.69, 9.17) is 5.11 Å². The lowest BCUT2D eigenvalue weighted by Crippen LogP contribution is -2.26. The molecule has 104 valence electrons. The van der Waals surface area contributed by atoms with Crippen LogP contribution in [-0.4, -0.2) is 39.1 Å². The molecule has 0 saturated carbocycles. The van der Waals surface area contributed by atoms with Gasteiger partial charge in [-0.25, -0.2) is 4.98 Å². The van der Waals surface area contributed by atoms with Crippen molar-refractivity contribution < 1.29 is 5.11 Å². The summed E-state index contributed by atoms with van der Waals surface area (Å²) in [7, 11) is 0. The molecule has 0 atom stereocenters. The van der Waals surface area contributed by atoms with Crippen LogP contribution in [0, 0.1) is 6.92 Å². The molecule has 2 aromatic rings. The van der Waals surface area contributed by atoms with Gasteiger partial charge in [-0.2, -0.15) is 0 Å². The third kappa shape index (κ3) is 3.20. The van der Waals surface area contributed by atoms with Crippen molar-refractivity contribution in [3.05, 3.63) is 33.2 Å². The Labute approximate surface area is 116 Å². The number of aliphatic hydroxyl groups excluding tert-OH is 1. The van der Waals surface area contributed by atoms with Crippen LogP contribution in [0.2, 0.25) is 0 Å². The average molecular weight is 281 g/mol. The monoisotopic (exact) mass is 281 g/mol. The Hall–Kier alpha value is -1.24. The van der Waals surface area contributed by atoms with Crippen molar-refractivity contribution in [1.82, 2.24) is 14.3 Å². The highest BCUT2D eigenvalue weighted by atomic mass is 32.1. The van der Waals surface area contributed by atoms with Crippen LogP contribution in [0.15, 0.2) is 16.2 Å². The second-order valence-electron chi connectivity index (χ2n) is 4.53. The standard InChI is InChI=1S/C13H19N3O2S/c1-3-15(5-4-6-17)8-11-7-12(18)16-10(2)9-19-13(16)14-11/h7,9,17H,3-6,8H2,1-2H3. The molecule has 0 amide bonds. The van der Waals surface area contributed by atoms with Crippen molar-refractivity contribution in [3.8, 4) is 0 Å². The largest absolute Gasteiger partial charge is 0.396 e. The quantitative estimate of drug-likeness (QED) is 0.866. The molecule has 0 radical (unpaired) electrons. The van der Waals surface area contributed by atoms with Gasteiger partial charge < -0.3 is 5.11 Å². The van der Waals surface area contributed by atoms with Crippen molar-refractivity contribution >= 4 is 16.3 Å². The van der Waals surface area contributed by atoms with Gasteiger partial charge in [-0.05, 0) is 19.9 Å². The highest BCUT2D eigenvalue weighted by Crippen LogP contribution is 2.12. The Morgan fingerprint density at radius 3 is 3.00 bits per heavy atom. The zero-order valence-electron chi connectivity index (χ0n) is 11.3. The lowest BCUT2D eigenvalue weighted by molar-refractivity contribution is 0.224. The van der Waals surface area contributed by atoms with Gasteiger partial charge in [0.1, 0.15) is 0 Å². The van der Waals surface area contributed by atoms with E-state index in [2.05, 4.69) is 16.8 Å². The van der Waals surface area contributed by atoms with Crippen LogP contribution in [-0.2, 0) is 6.54 Å². The molecule has 2 aromatic heterocycles. The lowest BCUT2D eigenvalue weighted by atomic mass is 10.3. The van der Waals surface area contributed by atoms with Gasteiger partial charge in [-0.15, -0.1) is 11.3 Å². The van der Waals surface area contributed by atoms with Gasteiger partial charge in [0, 0.05) is 36.8 Å². The van der Waals surface area contributed by atoms with Crippen LogP contribution in [0.4, 0.5) is 0 Å². The Morgan fingerprint density at radius 2 is 2.32 bits per heavy atom. The summed E-state index contributed by atoms with van der Waals surface area (Å²) < 4.78 is 1.64. The summed E-state index contributed by atoms with van der Waals surface area (Å²) in [5.41, 5.74) is 1.71. The number of aryl methyl sites for hydroxylation is 1. The summed E-state index contributed by atoms with van der Waals surface area (Å²) >= 11 is 1.49. The smallest absolute Gasteiger partial charge is 0.259 e. The fourth-order valence-electron chi connectivity index (χ4n) is 2.05. The van der Waals surface area contributed by atoms with Gasteiger partial charge in [0.05, 0.1) is 5.69 Å². The van der Waals surface area contributed by atoms with Gasteiger partial charge >= 0.3 is 0 Å². The number of fused-ring (bicyclic) bond motifs is 1. The molecule has 0 saturated heterocycles. The number of hydrogen-bond donors (Lipinski definition) is 1. The highest BCUT2D eigenvalue weighted by molar-refractivity contribution is 7.15. The van der Waals surface area contributed by atoms with Gasteiger partial charge in [0.2, 0.25) is 0 Å². The first-order valence-corrected chi connectivity index (χ1v) is 7.33. The molecule has 0 unspecified atom stereocenters. The molecule has 0 fully saturated rings. The second kappa shape index (κ2) is 6.27. The normalized spacial score (nSPS) is 11.6. The molecule has 0 aliphatic heterocycles. The van der Waals surface area contributed by atoms with E-state index >= 15 is 0 Å². The van der Waals surface area contributed by atoms with Crippen molar-refractivity contribution in [3.63, 3.8) is 0 Å². The summed E-state index contributed by atoms with van der Waals surface area (Å²) in [6.07, 6.45) is 0.743. The van der Waals surface area contributed by atoms with E-state index in [0.29, 0.717) is 6.54 Å². The minimum atomic E-state index is -0.0167. The maximum Gasteiger partial charge on any atom is 0.259 e. The first-order chi connectivity index (χ1) is 9.15. The van der Waals surface area contributed by atoms with Gasteiger partial charge in [0.15, 0.2) is 4.96 Å². The highest BCUT2D eigenvalue weighted by Gasteiger charge is 2.09. The van der Waals surface area contributed by atoms with Crippen LogP contribution >= 0.6 is 11.3 Å². The van der Waals surface area contributed by atoms with Gasteiger partial charge in [-0.3, -0.25) is 14.1 Å². The predicted molar refractivity (Wildman–Crippen MR) is 76.7 cm³/mol. The topological polar surface area (TPSA) is 57.8 Å². The maximum atomic E-state index is 12.0. The lowest BCUT2D eigenvalue weighted by Gasteiger charge is -2.19. The fourth-order valence-corrected chi connectivity index (χ4v) is 2.94. The Morgan fingerprint density at radius 1 is 1.53 bits per heavy atom. The molecule has 2 heterocycles. The van der Waals surface area contributed by atoms with Gasteiger partial charge in [0.25, 0.3) is 5.56 Å². The van der Waals surface area contributed by atoms with Crippen molar-refractivity contribution in [1.29, 1.82) is 0 Å². The minimum absolute atomic E-state index is 0.0167. The van der Waals surface area contributed by atoms with E-state index in [9.17, 15) is 4.79 Å². The summed E-state index contributed by atoms with van der Waals surface area (Å²) in [6.45, 7) is 6.51. The third-order valence-corrected chi connectivity index (χ3v) is 4.04. The first kappa shape index (κ1) is 14.2. The fraction of sp³-hybridized carbons (Fsp3) is 0.538.